The number of hydrogen-bond acceptors (Lipinski definition) is 3. The van der Waals surface area contributed by atoms with Gasteiger partial charge in [-0.3, -0.25) is 5.32 Å². The van der Waals surface area contributed by atoms with E-state index in [4.69, 9.17) is 27.9 Å². The van der Waals surface area contributed by atoms with Crippen molar-refractivity contribution in [2.75, 3.05) is 13.2 Å². The third kappa shape index (κ3) is 4.49. The quantitative estimate of drug-likeness (QED) is 0.823. The van der Waals surface area contributed by atoms with Crippen LogP contribution in [-0.4, -0.2) is 25.3 Å². The van der Waals surface area contributed by atoms with Gasteiger partial charge in [-0.15, -0.1) is 0 Å². The summed E-state index contributed by atoms with van der Waals surface area (Å²) in [4.78, 5) is 12.1. The number of carbonyl (C=O) groups is 1. The van der Waals surface area contributed by atoms with E-state index in [0.29, 0.717) is 0 Å². The molecule has 0 saturated carbocycles. The van der Waals surface area contributed by atoms with Crippen molar-refractivity contribution in [2.24, 2.45) is 0 Å². The van der Waals surface area contributed by atoms with Gasteiger partial charge in [-0.2, -0.15) is 13.2 Å². The molecule has 0 saturated heterocycles. The van der Waals surface area contributed by atoms with E-state index in [9.17, 15) is 18.0 Å². The molecule has 0 fully saturated rings. The highest BCUT2D eigenvalue weighted by atomic mass is 35.5. The highest BCUT2D eigenvalue weighted by Crippen LogP contribution is 2.34. The second kappa shape index (κ2) is 6.85. The largest absolute Gasteiger partial charge is 0.464 e. The average Bonchev–Trinajstić information content (AvgIpc) is 2.38. The molecule has 0 aliphatic carbocycles. The molecule has 0 radical (unpaired) electrons. The van der Waals surface area contributed by atoms with Gasteiger partial charge in [0, 0.05) is 5.56 Å². The number of carbonyl (C=O) groups excluding carboxylic acids is 1. The molecule has 1 aromatic carbocycles. The fourth-order valence-electron chi connectivity index (χ4n) is 1.72. The Balaban J connectivity index is 3.24. The second-order valence-electron chi connectivity index (χ2n) is 4.42. The number of hydrogen-bond donors (Lipinski definition) is 1. The molecule has 0 aliphatic rings. The van der Waals surface area contributed by atoms with Gasteiger partial charge in [0.25, 0.3) is 0 Å². The highest BCUT2D eigenvalue weighted by molar-refractivity contribution is 6.42. The highest BCUT2D eigenvalue weighted by Gasteiger charge is 2.41. The van der Waals surface area contributed by atoms with Gasteiger partial charge in [0.1, 0.15) is 5.54 Å². The van der Waals surface area contributed by atoms with Crippen LogP contribution >= 0.6 is 23.2 Å². The molecule has 1 N–H and O–H groups in total. The van der Waals surface area contributed by atoms with Gasteiger partial charge < -0.3 is 4.74 Å². The summed E-state index contributed by atoms with van der Waals surface area (Å²) in [7, 11) is 0. The Labute approximate surface area is 130 Å². The van der Waals surface area contributed by atoms with E-state index in [1.807, 2.05) is 0 Å². The zero-order valence-electron chi connectivity index (χ0n) is 11.4. The van der Waals surface area contributed by atoms with Crippen molar-refractivity contribution in [3.8, 4) is 0 Å². The van der Waals surface area contributed by atoms with Crippen molar-refractivity contribution < 1.29 is 22.7 Å². The van der Waals surface area contributed by atoms with E-state index in [-0.39, 0.29) is 22.2 Å². The summed E-state index contributed by atoms with van der Waals surface area (Å²) in [5, 5.41) is 2.30. The molecule has 3 nitrogen and oxygen atoms in total. The number of nitrogens with one attached hydrogen (secondary N) is 1. The van der Waals surface area contributed by atoms with Crippen LogP contribution in [0.3, 0.4) is 0 Å². The topological polar surface area (TPSA) is 38.3 Å². The van der Waals surface area contributed by atoms with Crippen LogP contribution in [0.5, 0.6) is 0 Å². The first kappa shape index (κ1) is 18.1. The van der Waals surface area contributed by atoms with Crippen molar-refractivity contribution in [3.63, 3.8) is 0 Å². The Morgan fingerprint density at radius 3 is 2.48 bits per heavy atom. The summed E-state index contributed by atoms with van der Waals surface area (Å²) in [5.74, 6) is -0.863. The summed E-state index contributed by atoms with van der Waals surface area (Å²) in [5.41, 5.74) is -1.63. The minimum atomic E-state index is -4.49. The van der Waals surface area contributed by atoms with Crippen molar-refractivity contribution in [3.05, 3.63) is 33.8 Å². The van der Waals surface area contributed by atoms with Gasteiger partial charge in [0.15, 0.2) is 0 Å². The van der Waals surface area contributed by atoms with Crippen molar-refractivity contribution in [2.45, 2.75) is 25.6 Å². The van der Waals surface area contributed by atoms with E-state index >= 15 is 0 Å². The molecule has 0 heterocycles. The van der Waals surface area contributed by atoms with E-state index in [2.05, 4.69) is 5.32 Å². The maximum atomic E-state index is 12.5. The predicted molar refractivity (Wildman–Crippen MR) is 74.5 cm³/mol. The molecule has 1 rings (SSSR count). The molecule has 21 heavy (non-hydrogen) atoms. The maximum absolute atomic E-state index is 12.5. The summed E-state index contributed by atoms with van der Waals surface area (Å²) >= 11 is 11.9. The number of esters is 1. The maximum Gasteiger partial charge on any atom is 0.401 e. The van der Waals surface area contributed by atoms with Crippen LogP contribution in [-0.2, 0) is 15.1 Å². The molecule has 0 aliphatic heterocycles. The monoisotopic (exact) mass is 343 g/mol. The lowest BCUT2D eigenvalue weighted by molar-refractivity contribution is -0.155. The summed E-state index contributed by atoms with van der Waals surface area (Å²) in [6, 6.07) is 4.40. The predicted octanol–water partition coefficient (Wildman–Crippen LogP) is 3.92. The van der Waals surface area contributed by atoms with Crippen LogP contribution in [0.25, 0.3) is 0 Å². The lowest BCUT2D eigenvalue weighted by Gasteiger charge is -2.30. The molecule has 1 unspecified atom stereocenters. The molecular weight excluding hydrogens is 330 g/mol. The summed E-state index contributed by atoms with van der Waals surface area (Å²) < 4.78 is 42.2. The van der Waals surface area contributed by atoms with E-state index in [0.717, 1.165) is 0 Å². The van der Waals surface area contributed by atoms with Gasteiger partial charge in [-0.1, -0.05) is 35.3 Å². The fourth-order valence-corrected chi connectivity index (χ4v) is 2.21. The third-order valence-electron chi connectivity index (χ3n) is 2.82. The molecule has 0 amide bonds. The zero-order chi connectivity index (χ0) is 16.3. The first-order valence-electron chi connectivity index (χ1n) is 6.05. The Kier molecular flexibility index (Phi) is 5.90. The van der Waals surface area contributed by atoms with Crippen LogP contribution in [0.15, 0.2) is 18.2 Å². The van der Waals surface area contributed by atoms with Gasteiger partial charge in [0.05, 0.1) is 23.2 Å². The van der Waals surface area contributed by atoms with Gasteiger partial charge in [0.2, 0.25) is 0 Å². The molecule has 118 valence electrons. The van der Waals surface area contributed by atoms with E-state index in [1.165, 1.54) is 25.1 Å². The van der Waals surface area contributed by atoms with Crippen molar-refractivity contribution in [1.82, 2.24) is 5.32 Å². The molecular formula is C13H14Cl2F3NO2. The zero-order valence-corrected chi connectivity index (χ0v) is 12.9. The Hall–Kier alpha value is -0.980. The van der Waals surface area contributed by atoms with Gasteiger partial charge >= 0.3 is 12.1 Å². The first-order valence-corrected chi connectivity index (χ1v) is 6.81. The van der Waals surface area contributed by atoms with Crippen LogP contribution < -0.4 is 5.32 Å². The van der Waals surface area contributed by atoms with Gasteiger partial charge in [-0.25, -0.2) is 4.79 Å². The van der Waals surface area contributed by atoms with Crippen LogP contribution in [0.2, 0.25) is 10.0 Å². The van der Waals surface area contributed by atoms with Crippen LogP contribution in [0.1, 0.15) is 19.4 Å². The Bertz CT molecular complexity index is 523. The minimum Gasteiger partial charge on any atom is -0.464 e. The molecule has 1 atom stereocenters. The summed E-state index contributed by atoms with van der Waals surface area (Å²) in [6.07, 6.45) is -4.49. The molecule has 0 bridgehead atoms. The number of halogens is 5. The number of benzene rings is 1. The molecule has 8 heteroatoms. The average molecular weight is 344 g/mol. The fraction of sp³-hybridized carbons (Fsp3) is 0.462. The smallest absolute Gasteiger partial charge is 0.401 e. The standard InChI is InChI=1S/C13H14Cl2F3NO2/c1-3-21-11(20)12(2,19-7-13(16,17)18)8-5-4-6-9(14)10(8)15/h4-6,19H,3,7H2,1-2H3. The number of ether oxygens (including phenoxy) is 1. The van der Waals surface area contributed by atoms with Crippen LogP contribution in [0, 0.1) is 0 Å². The van der Waals surface area contributed by atoms with Crippen LogP contribution in [0.4, 0.5) is 13.2 Å². The Morgan fingerprint density at radius 2 is 1.95 bits per heavy atom. The molecule has 1 aromatic rings. The number of rotatable bonds is 5. The van der Waals surface area contributed by atoms with E-state index in [1.54, 1.807) is 6.92 Å². The van der Waals surface area contributed by atoms with Crippen molar-refractivity contribution >= 4 is 29.2 Å². The second-order valence-corrected chi connectivity index (χ2v) is 5.20. The van der Waals surface area contributed by atoms with Gasteiger partial charge in [-0.05, 0) is 19.9 Å². The van der Waals surface area contributed by atoms with Crippen molar-refractivity contribution in [1.29, 1.82) is 0 Å². The summed E-state index contributed by atoms with van der Waals surface area (Å²) in [6.45, 7) is 1.49. The number of alkyl halides is 3. The third-order valence-corrected chi connectivity index (χ3v) is 3.64. The first-order chi connectivity index (χ1) is 9.62. The lowest BCUT2D eigenvalue weighted by atomic mass is 9.91. The normalized spacial score (nSPS) is 14.6. The lowest BCUT2D eigenvalue weighted by Crippen LogP contribution is -2.51. The molecule has 0 spiro atoms. The SMILES string of the molecule is CCOC(=O)C(C)(NCC(F)(F)F)c1cccc(Cl)c1Cl. The van der Waals surface area contributed by atoms with E-state index < -0.39 is 24.2 Å². The molecule has 0 aromatic heterocycles. The Morgan fingerprint density at radius 1 is 1.33 bits per heavy atom. The minimum absolute atomic E-state index is 0.00407.